The topological polar surface area (TPSA) is 21.3 Å². The van der Waals surface area contributed by atoms with E-state index in [0.717, 1.165) is 5.92 Å². The van der Waals surface area contributed by atoms with E-state index < -0.39 is 0 Å². The van der Waals surface area contributed by atoms with Gasteiger partial charge in [0.25, 0.3) is 0 Å². The van der Waals surface area contributed by atoms with Crippen LogP contribution >= 0.6 is 0 Å². The summed E-state index contributed by atoms with van der Waals surface area (Å²) in [6, 6.07) is 0.595. The highest BCUT2D eigenvalue weighted by Crippen LogP contribution is 2.43. The third-order valence-electron chi connectivity index (χ3n) is 3.83. The Labute approximate surface area is 87.4 Å². The highest BCUT2D eigenvalue weighted by atomic mass is 16.5. The molecule has 1 N–H and O–H groups in total. The van der Waals surface area contributed by atoms with E-state index in [1.807, 2.05) is 0 Å². The van der Waals surface area contributed by atoms with Gasteiger partial charge in [-0.2, -0.15) is 0 Å². The molecule has 2 nitrogen and oxygen atoms in total. The Morgan fingerprint density at radius 3 is 2.36 bits per heavy atom. The van der Waals surface area contributed by atoms with Crippen molar-refractivity contribution in [3.8, 4) is 0 Å². The lowest BCUT2D eigenvalue weighted by Gasteiger charge is -2.37. The normalized spacial score (nSPS) is 39.0. The zero-order chi connectivity index (χ0) is 10.3. The molecule has 2 fully saturated rings. The minimum absolute atomic E-state index is 0.341. The largest absolute Gasteiger partial charge is 0.375 e. The zero-order valence-corrected chi connectivity index (χ0v) is 9.84. The van der Waals surface area contributed by atoms with Crippen LogP contribution in [0.2, 0.25) is 0 Å². The fraction of sp³-hybridized carbons (Fsp3) is 1.00. The second-order valence-electron chi connectivity index (χ2n) is 5.91. The van der Waals surface area contributed by atoms with E-state index in [1.54, 1.807) is 0 Å². The minimum atomic E-state index is 0.341. The predicted octanol–water partition coefficient (Wildman–Crippen LogP) is 2.19. The van der Waals surface area contributed by atoms with Crippen molar-refractivity contribution in [2.75, 3.05) is 7.05 Å². The summed E-state index contributed by atoms with van der Waals surface area (Å²) in [5.41, 5.74) is 0.341. The van der Waals surface area contributed by atoms with Gasteiger partial charge in [-0.05, 0) is 31.7 Å². The van der Waals surface area contributed by atoms with Crippen molar-refractivity contribution in [1.29, 1.82) is 0 Å². The fourth-order valence-corrected chi connectivity index (χ4v) is 3.32. The van der Waals surface area contributed by atoms with Gasteiger partial charge in [0.05, 0.1) is 12.2 Å². The molecule has 2 aliphatic rings. The first-order chi connectivity index (χ1) is 6.52. The number of hydrogen-bond donors (Lipinski definition) is 1. The molecule has 2 rings (SSSR count). The molecule has 0 aliphatic carbocycles. The van der Waals surface area contributed by atoms with Crippen LogP contribution in [0.25, 0.3) is 0 Å². The van der Waals surface area contributed by atoms with Crippen LogP contribution in [-0.4, -0.2) is 25.3 Å². The molecular formula is C12H23NO. The summed E-state index contributed by atoms with van der Waals surface area (Å²) in [5, 5.41) is 3.49. The molecule has 0 spiro atoms. The van der Waals surface area contributed by atoms with E-state index in [-0.39, 0.29) is 0 Å². The third kappa shape index (κ3) is 1.70. The monoisotopic (exact) mass is 197 g/mol. The first-order valence-corrected chi connectivity index (χ1v) is 5.85. The molecule has 0 aromatic rings. The molecule has 14 heavy (non-hydrogen) atoms. The lowest BCUT2D eigenvalue weighted by molar-refractivity contribution is 0.0725. The molecule has 2 heteroatoms. The average molecular weight is 197 g/mol. The van der Waals surface area contributed by atoms with Gasteiger partial charge in [0.2, 0.25) is 0 Å². The smallest absolute Gasteiger partial charge is 0.0624 e. The molecule has 2 heterocycles. The van der Waals surface area contributed by atoms with Crippen molar-refractivity contribution in [3.05, 3.63) is 0 Å². The predicted molar refractivity (Wildman–Crippen MR) is 58.3 cm³/mol. The second kappa shape index (κ2) is 3.49. The van der Waals surface area contributed by atoms with E-state index >= 15 is 0 Å². The number of hydrogen-bond acceptors (Lipinski definition) is 2. The Balaban J connectivity index is 2.06. The van der Waals surface area contributed by atoms with Crippen molar-refractivity contribution < 1.29 is 4.74 Å². The van der Waals surface area contributed by atoms with E-state index in [9.17, 15) is 0 Å². The van der Waals surface area contributed by atoms with Crippen LogP contribution in [0.4, 0.5) is 0 Å². The fourth-order valence-electron chi connectivity index (χ4n) is 3.32. The number of rotatable bonds is 2. The first-order valence-electron chi connectivity index (χ1n) is 5.85. The van der Waals surface area contributed by atoms with Crippen molar-refractivity contribution in [3.63, 3.8) is 0 Å². The van der Waals surface area contributed by atoms with Gasteiger partial charge in [-0.3, -0.25) is 0 Å². The van der Waals surface area contributed by atoms with Gasteiger partial charge < -0.3 is 10.1 Å². The molecule has 4 unspecified atom stereocenters. The molecule has 0 radical (unpaired) electrons. The molecule has 0 aromatic heterocycles. The lowest BCUT2D eigenvalue weighted by atomic mass is 9.73. The van der Waals surface area contributed by atoms with Crippen LogP contribution in [0, 0.1) is 11.3 Å². The molecule has 4 atom stereocenters. The van der Waals surface area contributed by atoms with Gasteiger partial charge >= 0.3 is 0 Å². The summed E-state index contributed by atoms with van der Waals surface area (Å²) >= 11 is 0. The van der Waals surface area contributed by atoms with Crippen LogP contribution in [-0.2, 0) is 4.74 Å². The SMILES string of the molecule is CNC(C1CC2CCC1O2)C(C)(C)C. The Kier molecular flexibility index (Phi) is 2.61. The Bertz CT molecular complexity index is 209. The summed E-state index contributed by atoms with van der Waals surface area (Å²) in [5.74, 6) is 0.735. The Morgan fingerprint density at radius 1 is 1.29 bits per heavy atom. The summed E-state index contributed by atoms with van der Waals surface area (Å²) in [4.78, 5) is 0. The quantitative estimate of drug-likeness (QED) is 0.732. The van der Waals surface area contributed by atoms with E-state index in [1.165, 1.54) is 19.3 Å². The van der Waals surface area contributed by atoms with Crippen molar-refractivity contribution >= 4 is 0 Å². The maximum atomic E-state index is 5.92. The second-order valence-corrected chi connectivity index (χ2v) is 5.91. The highest BCUT2D eigenvalue weighted by Gasteiger charge is 2.46. The van der Waals surface area contributed by atoms with Crippen molar-refractivity contribution in [2.45, 2.75) is 58.3 Å². The summed E-state index contributed by atoms with van der Waals surface area (Å²) in [6.07, 6.45) is 4.96. The van der Waals surface area contributed by atoms with Gasteiger partial charge in [0.15, 0.2) is 0 Å². The lowest BCUT2D eigenvalue weighted by Crippen LogP contribution is -2.47. The van der Waals surface area contributed by atoms with E-state index in [2.05, 4.69) is 33.1 Å². The Hall–Kier alpha value is -0.0800. The molecule has 2 bridgehead atoms. The van der Waals surface area contributed by atoms with Crippen molar-refractivity contribution in [1.82, 2.24) is 5.32 Å². The maximum Gasteiger partial charge on any atom is 0.0624 e. The van der Waals surface area contributed by atoms with Crippen molar-refractivity contribution in [2.24, 2.45) is 11.3 Å². The standard InChI is InChI=1S/C12H23NO/c1-12(2,3)11(13-4)9-7-8-5-6-10(9)14-8/h8-11,13H,5-7H2,1-4H3. The summed E-state index contributed by atoms with van der Waals surface area (Å²) in [7, 11) is 2.09. The zero-order valence-electron chi connectivity index (χ0n) is 9.84. The van der Waals surface area contributed by atoms with Gasteiger partial charge in [0, 0.05) is 12.0 Å². The van der Waals surface area contributed by atoms with Gasteiger partial charge in [-0.25, -0.2) is 0 Å². The first kappa shape index (κ1) is 10.4. The molecule has 82 valence electrons. The van der Waals surface area contributed by atoms with Gasteiger partial charge in [-0.15, -0.1) is 0 Å². The summed E-state index contributed by atoms with van der Waals surface area (Å²) < 4.78 is 5.92. The maximum absolute atomic E-state index is 5.92. The number of nitrogens with one attached hydrogen (secondary N) is 1. The average Bonchev–Trinajstić information content (AvgIpc) is 2.63. The highest BCUT2D eigenvalue weighted by molar-refractivity contribution is 4.98. The molecule has 2 saturated heterocycles. The van der Waals surface area contributed by atoms with E-state index in [4.69, 9.17) is 4.74 Å². The van der Waals surface area contributed by atoms with Crippen LogP contribution in [0.5, 0.6) is 0 Å². The van der Waals surface area contributed by atoms with Gasteiger partial charge in [-0.1, -0.05) is 20.8 Å². The van der Waals surface area contributed by atoms with Gasteiger partial charge in [0.1, 0.15) is 0 Å². The molecule has 2 aliphatic heterocycles. The molecule has 0 amide bonds. The van der Waals surface area contributed by atoms with E-state index in [0.29, 0.717) is 23.7 Å². The number of fused-ring (bicyclic) bond motifs is 2. The van der Waals surface area contributed by atoms with Crippen LogP contribution in [0.1, 0.15) is 40.0 Å². The van der Waals surface area contributed by atoms with Crippen LogP contribution in [0.15, 0.2) is 0 Å². The Morgan fingerprint density at radius 2 is 2.00 bits per heavy atom. The number of ether oxygens (including phenoxy) is 1. The third-order valence-corrected chi connectivity index (χ3v) is 3.83. The summed E-state index contributed by atoms with van der Waals surface area (Å²) in [6.45, 7) is 6.96. The molecule has 0 saturated carbocycles. The molecule has 0 aromatic carbocycles. The van der Waals surface area contributed by atoms with Crippen LogP contribution < -0.4 is 5.32 Å². The minimum Gasteiger partial charge on any atom is -0.375 e. The van der Waals surface area contributed by atoms with Crippen LogP contribution in [0.3, 0.4) is 0 Å². The molecular weight excluding hydrogens is 174 g/mol.